The van der Waals surface area contributed by atoms with E-state index in [4.69, 9.17) is 16.1 Å². The highest BCUT2D eigenvalue weighted by Crippen LogP contribution is 2.27. The molecule has 1 saturated heterocycles. The van der Waals surface area contributed by atoms with Crippen molar-refractivity contribution in [1.82, 2.24) is 19.8 Å². The number of methoxy groups -OCH3 is 1. The summed E-state index contributed by atoms with van der Waals surface area (Å²) in [6.45, 7) is 0.776. The molecule has 0 saturated carbocycles. The highest BCUT2D eigenvalue weighted by molar-refractivity contribution is 7.91. The average Bonchev–Trinajstić information content (AvgIpc) is 3.29. The number of esters is 1. The van der Waals surface area contributed by atoms with Gasteiger partial charge in [-0.1, -0.05) is 24.3 Å². The van der Waals surface area contributed by atoms with Gasteiger partial charge in [0.1, 0.15) is 11.7 Å². The number of hydrogen-bond acceptors (Lipinski definition) is 8. The average molecular weight is 555 g/mol. The fourth-order valence-corrected chi connectivity index (χ4v) is 5.53. The Labute approximate surface area is 225 Å². The van der Waals surface area contributed by atoms with Gasteiger partial charge in [0.25, 0.3) is 5.91 Å². The van der Waals surface area contributed by atoms with Crippen LogP contribution in [0, 0.1) is 5.41 Å². The lowest BCUT2D eigenvalue weighted by Crippen LogP contribution is -2.43. The molecule has 2 heterocycles. The molecule has 0 bridgehead atoms. The number of amidine groups is 1. The van der Waals surface area contributed by atoms with Crippen LogP contribution in [0.5, 0.6) is 0 Å². The summed E-state index contributed by atoms with van der Waals surface area (Å²) in [5, 5.41) is 10.3. The lowest BCUT2D eigenvalue weighted by Gasteiger charge is -2.27. The smallest absolute Gasteiger partial charge is 0.307 e. The normalized spacial score (nSPS) is 14.6. The van der Waals surface area contributed by atoms with Gasteiger partial charge in [-0.05, 0) is 18.2 Å². The number of ether oxygens (including phenoxy) is 1. The predicted octanol–water partition coefficient (Wildman–Crippen LogP) is 0.927. The molecule has 4 rings (SSSR count). The summed E-state index contributed by atoms with van der Waals surface area (Å²) >= 11 is 0. The molecular weight excluding hydrogens is 524 g/mol. The number of sulfone groups is 1. The molecule has 2 amide bonds. The minimum absolute atomic E-state index is 0.0367. The first-order chi connectivity index (χ1) is 18.6. The Kier molecular flexibility index (Phi) is 8.29. The molecule has 1 fully saturated rings. The number of rotatable bonds is 9. The van der Waals surface area contributed by atoms with E-state index < -0.39 is 15.8 Å². The molecular formula is C26H30N6O6S. The van der Waals surface area contributed by atoms with Crippen LogP contribution >= 0.6 is 0 Å². The van der Waals surface area contributed by atoms with E-state index in [1.807, 2.05) is 4.57 Å². The molecule has 0 aliphatic carbocycles. The number of nitrogens with two attached hydrogens (primary N) is 1. The maximum absolute atomic E-state index is 12.9. The molecule has 1 aromatic heterocycles. The zero-order valence-corrected chi connectivity index (χ0v) is 22.3. The number of amides is 2. The largest absolute Gasteiger partial charge is 0.469 e. The molecule has 4 N–H and O–H groups in total. The number of benzene rings is 2. The van der Waals surface area contributed by atoms with Gasteiger partial charge < -0.3 is 25.3 Å². The van der Waals surface area contributed by atoms with E-state index in [1.54, 1.807) is 47.4 Å². The van der Waals surface area contributed by atoms with Crippen molar-refractivity contribution in [2.75, 3.05) is 38.2 Å². The Morgan fingerprint density at radius 1 is 1.05 bits per heavy atom. The van der Waals surface area contributed by atoms with Gasteiger partial charge in [0, 0.05) is 49.3 Å². The molecule has 2 aromatic carbocycles. The summed E-state index contributed by atoms with van der Waals surface area (Å²) in [6.07, 6.45) is 0.191. The Morgan fingerprint density at radius 2 is 1.72 bits per heavy atom. The number of aryl methyl sites for hydroxylation is 1. The van der Waals surface area contributed by atoms with Crippen LogP contribution in [0.2, 0.25) is 0 Å². The van der Waals surface area contributed by atoms with Crippen LogP contribution in [0.4, 0.5) is 0 Å². The summed E-state index contributed by atoms with van der Waals surface area (Å²) in [4.78, 5) is 43.2. The van der Waals surface area contributed by atoms with E-state index in [-0.39, 0.29) is 68.2 Å². The number of aromatic nitrogens is 2. The summed E-state index contributed by atoms with van der Waals surface area (Å²) in [6, 6.07) is 12.0. The van der Waals surface area contributed by atoms with Crippen LogP contribution in [0.15, 0.2) is 42.5 Å². The SMILES string of the molecule is COC(=O)CCNC(=O)c1ccc2c(c1)nc(-c1ccc(C(=N)N)cc1)n2CCC(=O)N1CCS(=O)(=O)CC1. The van der Waals surface area contributed by atoms with Crippen molar-refractivity contribution in [1.29, 1.82) is 5.41 Å². The van der Waals surface area contributed by atoms with Crippen molar-refractivity contribution in [3.63, 3.8) is 0 Å². The van der Waals surface area contributed by atoms with Crippen LogP contribution in [0.1, 0.15) is 28.8 Å². The number of nitrogens with zero attached hydrogens (tertiary/aromatic N) is 3. The molecule has 206 valence electrons. The van der Waals surface area contributed by atoms with Gasteiger partial charge in [0.15, 0.2) is 9.84 Å². The second-order valence-corrected chi connectivity index (χ2v) is 11.4. The van der Waals surface area contributed by atoms with Crippen LogP contribution < -0.4 is 11.1 Å². The number of nitrogens with one attached hydrogen (secondary N) is 2. The lowest BCUT2D eigenvalue weighted by atomic mass is 10.1. The number of fused-ring (bicyclic) bond motifs is 1. The first-order valence-corrected chi connectivity index (χ1v) is 14.2. The highest BCUT2D eigenvalue weighted by atomic mass is 32.2. The zero-order valence-electron chi connectivity index (χ0n) is 21.5. The second kappa shape index (κ2) is 11.6. The van der Waals surface area contributed by atoms with Crippen molar-refractivity contribution in [2.45, 2.75) is 19.4 Å². The van der Waals surface area contributed by atoms with Crippen molar-refractivity contribution < 1.29 is 27.5 Å². The third-order valence-electron chi connectivity index (χ3n) is 6.55. The minimum atomic E-state index is -3.10. The maximum Gasteiger partial charge on any atom is 0.307 e. The van der Waals surface area contributed by atoms with Crippen molar-refractivity contribution >= 4 is 44.5 Å². The topological polar surface area (TPSA) is 178 Å². The fraction of sp³-hybridized carbons (Fsp3) is 0.346. The van der Waals surface area contributed by atoms with Gasteiger partial charge in [-0.15, -0.1) is 0 Å². The predicted molar refractivity (Wildman–Crippen MR) is 145 cm³/mol. The molecule has 1 aliphatic heterocycles. The molecule has 12 nitrogen and oxygen atoms in total. The fourth-order valence-electron chi connectivity index (χ4n) is 4.33. The minimum Gasteiger partial charge on any atom is -0.469 e. The maximum atomic E-state index is 12.9. The van der Waals surface area contributed by atoms with E-state index in [2.05, 4.69) is 10.1 Å². The standard InChI is InChI=1S/C26H30N6O6S/c1-38-23(34)8-10-29-26(35)19-6-7-21-20(16-19)30-25(18-4-2-17(3-5-18)24(27)28)32(21)11-9-22(33)31-12-14-39(36,37)15-13-31/h2-7,16H,8-15H2,1H3,(H3,27,28)(H,29,35). The molecule has 0 radical (unpaired) electrons. The number of hydrogen-bond donors (Lipinski definition) is 3. The Morgan fingerprint density at radius 3 is 2.36 bits per heavy atom. The monoisotopic (exact) mass is 554 g/mol. The van der Waals surface area contributed by atoms with Crippen LogP contribution in [0.25, 0.3) is 22.4 Å². The first kappa shape index (κ1) is 27.8. The van der Waals surface area contributed by atoms with Crippen molar-refractivity contribution in [3.8, 4) is 11.4 Å². The highest BCUT2D eigenvalue weighted by Gasteiger charge is 2.25. The molecule has 0 unspecified atom stereocenters. The van der Waals surface area contributed by atoms with Gasteiger partial charge in [-0.25, -0.2) is 13.4 Å². The number of nitrogen functional groups attached to an aromatic ring is 1. The van der Waals surface area contributed by atoms with Gasteiger partial charge >= 0.3 is 5.97 Å². The van der Waals surface area contributed by atoms with Crippen molar-refractivity contribution in [3.05, 3.63) is 53.6 Å². The van der Waals surface area contributed by atoms with Gasteiger partial charge in [0.05, 0.1) is 36.1 Å². The van der Waals surface area contributed by atoms with Crippen molar-refractivity contribution in [2.24, 2.45) is 5.73 Å². The Balaban J connectivity index is 1.60. The zero-order chi connectivity index (χ0) is 28.2. The molecule has 39 heavy (non-hydrogen) atoms. The first-order valence-electron chi connectivity index (χ1n) is 12.4. The molecule has 0 atom stereocenters. The molecule has 3 aromatic rings. The number of carbonyl (C=O) groups excluding carboxylic acids is 3. The summed E-state index contributed by atoms with van der Waals surface area (Å²) in [7, 11) is -1.82. The lowest BCUT2D eigenvalue weighted by molar-refractivity contribution is -0.140. The molecule has 13 heteroatoms. The van der Waals surface area contributed by atoms with E-state index in [9.17, 15) is 22.8 Å². The van der Waals surface area contributed by atoms with Gasteiger partial charge in [0.2, 0.25) is 5.91 Å². The number of carbonyl (C=O) groups is 3. The quantitative estimate of drug-likeness (QED) is 0.199. The Hall–Kier alpha value is -4.26. The molecule has 1 aliphatic rings. The summed E-state index contributed by atoms with van der Waals surface area (Å²) in [5.74, 6) is -0.505. The van der Waals surface area contributed by atoms with E-state index in [0.29, 0.717) is 28.0 Å². The third-order valence-corrected chi connectivity index (χ3v) is 8.16. The van der Waals surface area contributed by atoms with Crippen LogP contribution in [-0.2, 0) is 30.7 Å². The molecule has 0 spiro atoms. The second-order valence-electron chi connectivity index (χ2n) is 9.15. The Bertz CT molecular complexity index is 1520. The van der Waals surface area contributed by atoms with Gasteiger partial charge in [-0.2, -0.15) is 0 Å². The van der Waals surface area contributed by atoms with Gasteiger partial charge in [-0.3, -0.25) is 19.8 Å². The van der Waals surface area contributed by atoms with E-state index in [1.165, 1.54) is 7.11 Å². The van der Waals surface area contributed by atoms with Crippen LogP contribution in [0.3, 0.4) is 0 Å². The number of imidazole rings is 1. The van der Waals surface area contributed by atoms with E-state index in [0.717, 1.165) is 5.56 Å². The van der Waals surface area contributed by atoms with E-state index >= 15 is 0 Å². The summed E-state index contributed by atoms with van der Waals surface area (Å²) < 4.78 is 29.9. The third kappa shape index (κ3) is 6.60. The van der Waals surface area contributed by atoms with Crippen LogP contribution in [-0.4, -0.2) is 84.7 Å². The summed E-state index contributed by atoms with van der Waals surface area (Å²) in [5.41, 5.74) is 8.49.